The minimum atomic E-state index is -3.74. The Balaban J connectivity index is 2.00. The molecule has 1 aromatic carbocycles. The Bertz CT molecular complexity index is 1180. The Morgan fingerprint density at radius 3 is 2.43 bits per heavy atom. The Morgan fingerprint density at radius 1 is 1.17 bits per heavy atom. The van der Waals surface area contributed by atoms with Gasteiger partial charge in [0.1, 0.15) is 38.4 Å². The van der Waals surface area contributed by atoms with Gasteiger partial charge in [-0.2, -0.15) is 0 Å². The fraction of sp³-hybridized carbons (Fsp3) is 0.316. The number of halogens is 3. The highest BCUT2D eigenvalue weighted by molar-refractivity contribution is 7.93. The topological polar surface area (TPSA) is 97.4 Å². The molecule has 11 heteroatoms. The van der Waals surface area contributed by atoms with Gasteiger partial charge < -0.3 is 11.1 Å². The van der Waals surface area contributed by atoms with Crippen LogP contribution in [0, 0.1) is 17.5 Å². The summed E-state index contributed by atoms with van der Waals surface area (Å²) in [6.45, 7) is 4.35. The van der Waals surface area contributed by atoms with E-state index in [1.54, 1.807) is 0 Å². The lowest BCUT2D eigenvalue weighted by Crippen LogP contribution is -2.55. The molecule has 0 amide bonds. The van der Waals surface area contributed by atoms with Gasteiger partial charge in [0.15, 0.2) is 15.7 Å². The van der Waals surface area contributed by atoms with Crippen LogP contribution in [-0.2, 0) is 15.4 Å². The molecular weight excluding hydrogens is 437 g/mol. The van der Waals surface area contributed by atoms with Gasteiger partial charge >= 0.3 is 0 Å². The van der Waals surface area contributed by atoms with E-state index in [0.29, 0.717) is 6.07 Å². The number of nitrogens with zero attached hydrogens (tertiary/aromatic N) is 2. The molecule has 3 rings (SSSR count). The van der Waals surface area contributed by atoms with Gasteiger partial charge in [-0.3, -0.25) is 4.99 Å². The van der Waals surface area contributed by atoms with Crippen LogP contribution >= 0.6 is 12.2 Å². The number of anilines is 1. The summed E-state index contributed by atoms with van der Waals surface area (Å²) in [5.41, 5.74) is 4.38. The van der Waals surface area contributed by atoms with Crippen molar-refractivity contribution < 1.29 is 21.6 Å². The first-order chi connectivity index (χ1) is 13.8. The molecule has 0 saturated heterocycles. The third kappa shape index (κ3) is 3.79. The normalized spacial score (nSPS) is 22.3. The second-order valence-electron chi connectivity index (χ2n) is 7.67. The highest BCUT2D eigenvalue weighted by Crippen LogP contribution is 2.38. The van der Waals surface area contributed by atoms with Crippen LogP contribution in [0.1, 0.15) is 32.0 Å². The quantitative estimate of drug-likeness (QED) is 0.689. The SMILES string of the molecule is CC1(C)C(N)=N[C@](C)(c2cc(NC(=S)c3ncc(F)cc3F)ccc2F)CS1(=O)=O. The molecule has 0 fully saturated rings. The smallest absolute Gasteiger partial charge is 0.165 e. The first-order valence-electron chi connectivity index (χ1n) is 8.77. The first kappa shape index (κ1) is 22.2. The predicted octanol–water partition coefficient (Wildman–Crippen LogP) is 3.07. The Labute approximate surface area is 177 Å². The van der Waals surface area contributed by atoms with Crippen molar-refractivity contribution in [1.82, 2.24) is 4.98 Å². The fourth-order valence-corrected chi connectivity index (χ4v) is 5.02. The molecule has 6 nitrogen and oxygen atoms in total. The molecule has 1 aromatic heterocycles. The van der Waals surface area contributed by atoms with Crippen molar-refractivity contribution in [2.24, 2.45) is 10.7 Å². The van der Waals surface area contributed by atoms with E-state index in [1.165, 1.54) is 32.9 Å². The Hall–Kier alpha value is -2.53. The zero-order chi connectivity index (χ0) is 22.5. The van der Waals surface area contributed by atoms with E-state index in [4.69, 9.17) is 18.0 Å². The minimum Gasteiger partial charge on any atom is -0.386 e. The van der Waals surface area contributed by atoms with Crippen LogP contribution in [-0.4, -0.2) is 34.7 Å². The van der Waals surface area contributed by atoms with Crippen molar-refractivity contribution in [2.45, 2.75) is 31.1 Å². The summed E-state index contributed by atoms with van der Waals surface area (Å²) in [4.78, 5) is 7.76. The summed E-state index contributed by atoms with van der Waals surface area (Å²) < 4.78 is 65.7. The lowest BCUT2D eigenvalue weighted by atomic mass is 9.92. The monoisotopic (exact) mass is 456 g/mol. The second kappa shape index (κ2) is 7.31. The number of benzene rings is 1. The lowest BCUT2D eigenvalue weighted by molar-refractivity contribution is 0.476. The highest BCUT2D eigenvalue weighted by atomic mass is 32.2. The molecule has 0 aliphatic carbocycles. The first-order valence-corrected chi connectivity index (χ1v) is 10.8. The summed E-state index contributed by atoms with van der Waals surface area (Å²) >= 11 is 5.11. The number of sulfone groups is 1. The maximum atomic E-state index is 14.7. The van der Waals surface area contributed by atoms with Crippen molar-refractivity contribution in [3.05, 3.63) is 59.2 Å². The molecule has 0 radical (unpaired) electrons. The van der Waals surface area contributed by atoms with E-state index in [0.717, 1.165) is 12.3 Å². The molecule has 0 spiro atoms. The number of hydrogen-bond donors (Lipinski definition) is 2. The zero-order valence-electron chi connectivity index (χ0n) is 16.3. The predicted molar refractivity (Wildman–Crippen MR) is 113 cm³/mol. The van der Waals surface area contributed by atoms with Gasteiger partial charge in [-0.15, -0.1) is 0 Å². The van der Waals surface area contributed by atoms with E-state index in [9.17, 15) is 21.6 Å². The second-order valence-corrected chi connectivity index (χ2v) is 10.6. The number of pyridine rings is 1. The fourth-order valence-electron chi connectivity index (χ4n) is 3.07. The summed E-state index contributed by atoms with van der Waals surface area (Å²) in [6.07, 6.45) is 0.815. The van der Waals surface area contributed by atoms with Crippen LogP contribution in [0.25, 0.3) is 0 Å². The van der Waals surface area contributed by atoms with Crippen LogP contribution in [0.15, 0.2) is 35.5 Å². The van der Waals surface area contributed by atoms with Crippen LogP contribution in [0.4, 0.5) is 18.9 Å². The Kier molecular flexibility index (Phi) is 5.40. The third-order valence-electron chi connectivity index (χ3n) is 5.06. The molecule has 1 atom stereocenters. The number of aromatic nitrogens is 1. The van der Waals surface area contributed by atoms with Crippen molar-refractivity contribution in [3.8, 4) is 0 Å². The third-order valence-corrected chi connectivity index (χ3v) is 8.06. The van der Waals surface area contributed by atoms with E-state index < -0.39 is 43.3 Å². The molecule has 0 unspecified atom stereocenters. The number of rotatable bonds is 3. The van der Waals surface area contributed by atoms with Crippen LogP contribution < -0.4 is 11.1 Å². The molecule has 2 heterocycles. The van der Waals surface area contributed by atoms with Gasteiger partial charge in [0, 0.05) is 17.3 Å². The number of hydrogen-bond acceptors (Lipinski definition) is 6. The van der Waals surface area contributed by atoms with Gasteiger partial charge in [0.25, 0.3) is 0 Å². The van der Waals surface area contributed by atoms with Crippen LogP contribution in [0.5, 0.6) is 0 Å². The zero-order valence-corrected chi connectivity index (χ0v) is 18.0. The number of nitrogens with two attached hydrogens (primary N) is 1. The van der Waals surface area contributed by atoms with Crippen molar-refractivity contribution in [3.63, 3.8) is 0 Å². The van der Waals surface area contributed by atoms with E-state index >= 15 is 0 Å². The van der Waals surface area contributed by atoms with Crippen molar-refractivity contribution >= 4 is 38.6 Å². The van der Waals surface area contributed by atoms with Gasteiger partial charge in [-0.05, 0) is 39.0 Å². The number of thiocarbonyl (C=S) groups is 1. The molecule has 3 N–H and O–H groups in total. The largest absolute Gasteiger partial charge is 0.386 e. The molecule has 30 heavy (non-hydrogen) atoms. The molecule has 1 aliphatic heterocycles. The summed E-state index contributed by atoms with van der Waals surface area (Å²) in [6, 6.07) is 4.41. The van der Waals surface area contributed by atoms with Crippen molar-refractivity contribution in [1.29, 1.82) is 0 Å². The Morgan fingerprint density at radius 2 is 1.83 bits per heavy atom. The van der Waals surface area contributed by atoms with E-state index in [-0.39, 0.29) is 27.8 Å². The van der Waals surface area contributed by atoms with Gasteiger partial charge in [0.2, 0.25) is 0 Å². The maximum absolute atomic E-state index is 14.7. The standard InChI is InChI=1S/C19H19F3N4O2S2/c1-18(2)17(23)26-19(3,9-30(18,27)28)12-7-11(4-5-13(12)21)25-16(29)15-14(22)6-10(20)8-24-15/h4-8H,9H2,1-3H3,(H2,23,26)(H,25,29)/t19-/m0/s1. The van der Waals surface area contributed by atoms with Gasteiger partial charge in [-0.1, -0.05) is 12.2 Å². The van der Waals surface area contributed by atoms with Gasteiger partial charge in [0.05, 0.1) is 11.9 Å². The van der Waals surface area contributed by atoms with Crippen LogP contribution in [0.2, 0.25) is 0 Å². The van der Waals surface area contributed by atoms with Crippen LogP contribution in [0.3, 0.4) is 0 Å². The molecule has 2 aromatic rings. The van der Waals surface area contributed by atoms with E-state index in [1.807, 2.05) is 0 Å². The number of aliphatic imine (C=N–C) groups is 1. The van der Waals surface area contributed by atoms with E-state index in [2.05, 4.69) is 15.3 Å². The summed E-state index contributed by atoms with van der Waals surface area (Å²) in [7, 11) is -3.74. The summed E-state index contributed by atoms with van der Waals surface area (Å²) in [5, 5.41) is 2.70. The molecule has 1 aliphatic rings. The lowest BCUT2D eigenvalue weighted by Gasteiger charge is -2.38. The molecule has 0 bridgehead atoms. The molecule has 0 saturated carbocycles. The van der Waals surface area contributed by atoms with Gasteiger partial charge in [-0.25, -0.2) is 26.6 Å². The maximum Gasteiger partial charge on any atom is 0.165 e. The average Bonchev–Trinajstić information content (AvgIpc) is 2.61. The average molecular weight is 457 g/mol. The number of amidine groups is 1. The summed E-state index contributed by atoms with van der Waals surface area (Å²) in [5.74, 6) is -3.08. The minimum absolute atomic E-state index is 0.0233. The molecular formula is C19H19F3N4O2S2. The molecule has 160 valence electrons. The highest BCUT2D eigenvalue weighted by Gasteiger charge is 2.49. The number of nitrogens with one attached hydrogen (secondary N) is 1. The van der Waals surface area contributed by atoms with Crippen molar-refractivity contribution in [2.75, 3.05) is 11.1 Å².